The van der Waals surface area contributed by atoms with Crippen LogP contribution in [0.3, 0.4) is 0 Å². The van der Waals surface area contributed by atoms with Gasteiger partial charge in [-0.25, -0.2) is 0 Å². The molecule has 43 heavy (non-hydrogen) atoms. The van der Waals surface area contributed by atoms with Crippen LogP contribution in [-0.2, 0) is 23.0 Å². The molecule has 7 nitrogen and oxygen atoms in total. The number of piperidine rings is 1. The highest BCUT2D eigenvalue weighted by Gasteiger charge is 2.28. The first-order valence-electron chi connectivity index (χ1n) is 13.7. The van der Waals surface area contributed by atoms with Crippen LogP contribution >= 0.6 is 39.9 Å². The van der Waals surface area contributed by atoms with E-state index in [9.17, 15) is 13.2 Å². The molecule has 0 unspecified atom stereocenters. The zero-order valence-electron chi connectivity index (χ0n) is 23.2. The maximum Gasteiger partial charge on any atom is 0.295 e. The molecule has 0 radical (unpaired) electrons. The van der Waals surface area contributed by atoms with Gasteiger partial charge in [0, 0.05) is 16.6 Å². The van der Waals surface area contributed by atoms with E-state index < -0.39 is 10.0 Å². The number of nitrogens with zero attached hydrogens (tertiary/aromatic N) is 1. The Labute approximate surface area is 272 Å². The van der Waals surface area contributed by atoms with Crippen molar-refractivity contribution in [2.75, 3.05) is 17.6 Å². The minimum absolute atomic E-state index is 0. The van der Waals surface area contributed by atoms with Crippen molar-refractivity contribution in [2.24, 2.45) is 5.92 Å². The molecule has 1 heterocycles. The molecule has 0 spiro atoms. The number of anilines is 1. The second-order valence-corrected chi connectivity index (χ2v) is 13.2. The molecule has 11 heteroatoms. The van der Waals surface area contributed by atoms with Crippen LogP contribution in [0.5, 0.6) is 5.75 Å². The first kappa shape index (κ1) is 32.8. The minimum Gasteiger partial charge on any atom is -0.363 e. The summed E-state index contributed by atoms with van der Waals surface area (Å²) in [5.41, 5.74) is 2.95. The van der Waals surface area contributed by atoms with Crippen LogP contribution < -0.4 is 19.9 Å². The fraction of sp³-hybridized carbons (Fsp3) is 0.219. The number of nitrogens with one attached hydrogen (secondary N) is 2. The second-order valence-electron chi connectivity index (χ2n) is 10.2. The van der Waals surface area contributed by atoms with Gasteiger partial charge in [-0.1, -0.05) is 74.5 Å². The Morgan fingerprint density at radius 1 is 0.930 bits per heavy atom. The Morgan fingerprint density at radius 2 is 1.58 bits per heavy atom. The van der Waals surface area contributed by atoms with Crippen LogP contribution in [0.25, 0.3) is 0 Å². The molecule has 1 amide bonds. The molecule has 0 saturated carbocycles. The summed E-state index contributed by atoms with van der Waals surface area (Å²) < 4.78 is 29.0. The van der Waals surface area contributed by atoms with Gasteiger partial charge >= 0.3 is 0 Å². The summed E-state index contributed by atoms with van der Waals surface area (Å²) in [5.74, 6) is 0.589. The van der Waals surface area contributed by atoms with Crippen molar-refractivity contribution >= 4 is 61.6 Å². The number of hydrogen-bond acceptors (Lipinski definition) is 5. The number of rotatable bonds is 10. The molecule has 0 aromatic heterocycles. The summed E-state index contributed by atoms with van der Waals surface area (Å²) in [6.45, 7) is 2.54. The first-order valence-corrected chi connectivity index (χ1v) is 16.3. The standard InChI is InChI=1S/C32H31BrClN3O4S.ClH/c33-27-12-15-31(30(34)21-27)41-37(28-4-2-1-3-5-28)42(39,40)29-13-10-26(11-14-29)32(38)36-22-25-8-6-23(7-9-25)20-24-16-18-35-19-17-24;/h1-15,21,24,35H,16-20,22H2,(H,36,38);1H. The highest BCUT2D eigenvalue weighted by molar-refractivity contribution is 9.10. The number of carbonyl (C=O) groups excluding carboxylic acids is 1. The van der Waals surface area contributed by atoms with E-state index in [2.05, 4.69) is 38.7 Å². The van der Waals surface area contributed by atoms with Gasteiger partial charge in [-0.15, -0.1) is 12.4 Å². The predicted octanol–water partition coefficient (Wildman–Crippen LogP) is 7.19. The van der Waals surface area contributed by atoms with Crippen molar-refractivity contribution in [3.05, 3.63) is 123 Å². The molecular weight excluding hydrogens is 673 g/mol. The Morgan fingerprint density at radius 3 is 2.23 bits per heavy atom. The SMILES string of the molecule is Cl.O=C(NCc1ccc(CC2CCNCC2)cc1)c1ccc(S(=O)(=O)N(Oc2ccc(Br)cc2Cl)c2ccccc2)cc1. The van der Waals surface area contributed by atoms with Crippen molar-refractivity contribution in [3.63, 3.8) is 0 Å². The Kier molecular flexibility index (Phi) is 11.5. The van der Waals surface area contributed by atoms with Crippen LogP contribution in [-0.4, -0.2) is 27.4 Å². The molecule has 1 aliphatic heterocycles. The number of sulfonamides is 1. The number of benzene rings is 4. The van der Waals surface area contributed by atoms with E-state index in [-0.39, 0.29) is 34.0 Å². The Bertz CT molecular complexity index is 1620. The van der Waals surface area contributed by atoms with E-state index in [1.54, 1.807) is 48.5 Å². The molecular formula is C32H32BrCl2N3O4S. The van der Waals surface area contributed by atoms with Gasteiger partial charge in [-0.2, -0.15) is 8.42 Å². The third kappa shape index (κ3) is 8.52. The van der Waals surface area contributed by atoms with Crippen molar-refractivity contribution in [3.8, 4) is 5.75 Å². The van der Waals surface area contributed by atoms with E-state index in [0.29, 0.717) is 23.7 Å². The number of amides is 1. The quantitative estimate of drug-likeness (QED) is 0.171. The summed E-state index contributed by atoms with van der Waals surface area (Å²) >= 11 is 9.65. The molecule has 2 N–H and O–H groups in total. The average Bonchev–Trinajstić information content (AvgIpc) is 3.01. The lowest BCUT2D eigenvalue weighted by Gasteiger charge is -2.24. The Hall–Kier alpha value is -3.08. The van der Waals surface area contributed by atoms with E-state index in [0.717, 1.165) is 34.0 Å². The summed E-state index contributed by atoms with van der Waals surface area (Å²) in [7, 11) is -4.19. The van der Waals surface area contributed by atoms with Gasteiger partial charge in [-0.3, -0.25) is 4.79 Å². The van der Waals surface area contributed by atoms with Crippen molar-refractivity contribution in [1.82, 2.24) is 10.6 Å². The topological polar surface area (TPSA) is 87.7 Å². The molecule has 5 rings (SSSR count). The highest BCUT2D eigenvalue weighted by atomic mass is 79.9. The van der Waals surface area contributed by atoms with E-state index in [1.165, 1.54) is 42.7 Å². The number of halogens is 3. The number of hydrogen-bond donors (Lipinski definition) is 2. The lowest BCUT2D eigenvalue weighted by Crippen LogP contribution is -2.34. The van der Waals surface area contributed by atoms with E-state index in [1.807, 2.05) is 12.1 Å². The average molecular weight is 706 g/mol. The molecule has 1 aliphatic rings. The molecule has 4 aromatic rings. The van der Waals surface area contributed by atoms with E-state index in [4.69, 9.17) is 16.4 Å². The van der Waals surface area contributed by atoms with Crippen LogP contribution in [0.15, 0.2) is 106 Å². The normalized spacial score (nSPS) is 13.5. The van der Waals surface area contributed by atoms with E-state index >= 15 is 0 Å². The number of para-hydroxylation sites is 1. The maximum absolute atomic E-state index is 13.7. The monoisotopic (exact) mass is 703 g/mol. The molecule has 1 saturated heterocycles. The number of carbonyl (C=O) groups is 1. The summed E-state index contributed by atoms with van der Waals surface area (Å²) in [5, 5.41) is 6.56. The van der Waals surface area contributed by atoms with Gasteiger partial charge < -0.3 is 15.5 Å². The molecule has 0 atom stereocenters. The summed E-state index contributed by atoms with van der Waals surface area (Å²) in [6, 6.07) is 27.4. The zero-order valence-corrected chi connectivity index (χ0v) is 27.2. The van der Waals surface area contributed by atoms with Crippen molar-refractivity contribution in [1.29, 1.82) is 0 Å². The molecule has 1 fully saturated rings. The van der Waals surface area contributed by atoms with Crippen LogP contribution in [0.1, 0.15) is 34.3 Å². The highest BCUT2D eigenvalue weighted by Crippen LogP contribution is 2.32. The largest absolute Gasteiger partial charge is 0.363 e. The van der Waals surface area contributed by atoms with Gasteiger partial charge in [-0.05, 0) is 104 Å². The van der Waals surface area contributed by atoms with Gasteiger partial charge in [0.25, 0.3) is 15.9 Å². The second kappa shape index (κ2) is 15.1. The summed E-state index contributed by atoms with van der Waals surface area (Å²) in [4.78, 5) is 18.6. The van der Waals surface area contributed by atoms with Gasteiger partial charge in [0.15, 0.2) is 5.75 Å². The minimum atomic E-state index is -4.19. The van der Waals surface area contributed by atoms with Gasteiger partial charge in [0.2, 0.25) is 0 Å². The smallest absolute Gasteiger partial charge is 0.295 e. The summed E-state index contributed by atoms with van der Waals surface area (Å²) in [6.07, 6.45) is 3.48. The maximum atomic E-state index is 13.7. The fourth-order valence-electron chi connectivity index (χ4n) is 4.80. The van der Waals surface area contributed by atoms with Crippen LogP contribution in [0.4, 0.5) is 5.69 Å². The van der Waals surface area contributed by atoms with Crippen LogP contribution in [0.2, 0.25) is 5.02 Å². The van der Waals surface area contributed by atoms with Crippen molar-refractivity contribution in [2.45, 2.75) is 30.7 Å². The lowest BCUT2D eigenvalue weighted by molar-refractivity contribution is 0.0951. The lowest BCUT2D eigenvalue weighted by atomic mass is 9.91. The first-order chi connectivity index (χ1) is 20.3. The third-order valence-electron chi connectivity index (χ3n) is 7.13. The molecule has 4 aromatic carbocycles. The Balaban J connectivity index is 0.00000423. The van der Waals surface area contributed by atoms with Crippen molar-refractivity contribution < 1.29 is 18.0 Å². The predicted molar refractivity (Wildman–Crippen MR) is 176 cm³/mol. The zero-order chi connectivity index (χ0) is 29.5. The molecule has 0 bridgehead atoms. The molecule has 0 aliphatic carbocycles. The molecule has 226 valence electrons. The van der Waals surface area contributed by atoms with Gasteiger partial charge in [0.1, 0.15) is 0 Å². The van der Waals surface area contributed by atoms with Crippen LogP contribution in [0, 0.1) is 5.92 Å². The van der Waals surface area contributed by atoms with Gasteiger partial charge in [0.05, 0.1) is 15.6 Å². The third-order valence-corrected chi connectivity index (χ3v) is 9.51. The fourth-order valence-corrected chi connectivity index (χ4v) is 6.76.